The van der Waals surface area contributed by atoms with Crippen LogP contribution in [0.4, 0.5) is 0 Å². The van der Waals surface area contributed by atoms with Crippen molar-refractivity contribution in [2.75, 3.05) is 0 Å². The van der Waals surface area contributed by atoms with Gasteiger partial charge in [-0.15, -0.1) is 0 Å². The third-order valence-corrected chi connectivity index (χ3v) is 2.39. The summed E-state index contributed by atoms with van der Waals surface area (Å²) in [5.41, 5.74) is 4.19. The van der Waals surface area contributed by atoms with E-state index in [0.29, 0.717) is 0 Å². The molecule has 0 nitrogen and oxygen atoms in total. The molecular weight excluding hydrogens is 156 g/mol. The van der Waals surface area contributed by atoms with Gasteiger partial charge in [0.2, 0.25) is 0 Å². The van der Waals surface area contributed by atoms with Gasteiger partial charge in [0.05, 0.1) is 0 Å². The molecule has 0 N–H and O–H groups in total. The van der Waals surface area contributed by atoms with Crippen molar-refractivity contribution < 1.29 is 0 Å². The largest absolute Gasteiger partial charge is 0.0651 e. The lowest BCUT2D eigenvalue weighted by atomic mass is 9.95. The molecule has 71 valence electrons. The van der Waals surface area contributed by atoms with Crippen molar-refractivity contribution in [3.05, 3.63) is 41.8 Å². The minimum Gasteiger partial charge on any atom is -0.0651 e. The van der Waals surface area contributed by atoms with Crippen molar-refractivity contribution >= 4 is 0 Å². The van der Waals surface area contributed by atoms with Gasteiger partial charge in [-0.25, -0.2) is 0 Å². The molecule has 0 aliphatic carbocycles. The Balaban J connectivity index is 2.95. The molecule has 0 aliphatic heterocycles. The second-order valence-corrected chi connectivity index (χ2v) is 3.55. The quantitative estimate of drug-likeness (QED) is 0.653. The van der Waals surface area contributed by atoms with Crippen molar-refractivity contribution in [3.8, 4) is 0 Å². The van der Waals surface area contributed by atoms with Crippen LogP contribution < -0.4 is 0 Å². The molecule has 0 spiro atoms. The first-order valence-electron chi connectivity index (χ1n) is 5.22. The highest BCUT2D eigenvalue weighted by Gasteiger charge is 2.02. The lowest BCUT2D eigenvalue weighted by Crippen LogP contribution is -1.96. The van der Waals surface area contributed by atoms with Crippen molar-refractivity contribution in [1.82, 2.24) is 0 Å². The summed E-state index contributed by atoms with van der Waals surface area (Å²) in [5.74, 6) is 0. The van der Waals surface area contributed by atoms with Crippen molar-refractivity contribution in [2.24, 2.45) is 0 Å². The third kappa shape index (κ3) is 2.58. The normalized spacial score (nSPS) is 10.4. The molecule has 0 fully saturated rings. The Morgan fingerprint density at radius 1 is 1.08 bits per heavy atom. The Hall–Kier alpha value is -0.780. The van der Waals surface area contributed by atoms with Gasteiger partial charge in [0.25, 0.3) is 0 Å². The summed E-state index contributed by atoms with van der Waals surface area (Å²) in [4.78, 5) is 0. The van der Waals surface area contributed by atoms with E-state index in [-0.39, 0.29) is 0 Å². The van der Waals surface area contributed by atoms with Crippen LogP contribution in [-0.2, 0) is 12.8 Å². The van der Waals surface area contributed by atoms with E-state index in [2.05, 4.69) is 39.0 Å². The van der Waals surface area contributed by atoms with Gasteiger partial charge >= 0.3 is 0 Å². The fourth-order valence-electron chi connectivity index (χ4n) is 1.76. The monoisotopic (exact) mass is 175 g/mol. The Morgan fingerprint density at radius 2 is 1.77 bits per heavy atom. The van der Waals surface area contributed by atoms with Crippen LogP contribution in [0.25, 0.3) is 0 Å². The Kier molecular flexibility index (Phi) is 4.01. The fraction of sp³-hybridized carbons (Fsp3) is 0.462. The summed E-state index contributed by atoms with van der Waals surface area (Å²) < 4.78 is 0. The summed E-state index contributed by atoms with van der Waals surface area (Å²) >= 11 is 0. The highest BCUT2D eigenvalue weighted by atomic mass is 14.1. The second kappa shape index (κ2) is 5.06. The van der Waals surface area contributed by atoms with Crippen LogP contribution >= 0.6 is 0 Å². The minimum absolute atomic E-state index is 1.18. The molecule has 0 amide bonds. The van der Waals surface area contributed by atoms with Crippen LogP contribution in [0.15, 0.2) is 18.2 Å². The smallest absolute Gasteiger partial charge is 0.0235 e. The number of hydrogen-bond acceptors (Lipinski definition) is 0. The summed E-state index contributed by atoms with van der Waals surface area (Å²) in [6.45, 7) is 8.53. The lowest BCUT2D eigenvalue weighted by molar-refractivity contribution is 0.858. The highest BCUT2D eigenvalue weighted by molar-refractivity contribution is 5.37. The van der Waals surface area contributed by atoms with Gasteiger partial charge in [-0.1, -0.05) is 44.9 Å². The number of hydrogen-bond donors (Lipinski definition) is 0. The minimum atomic E-state index is 1.18. The zero-order chi connectivity index (χ0) is 9.68. The van der Waals surface area contributed by atoms with Crippen LogP contribution in [0.3, 0.4) is 0 Å². The van der Waals surface area contributed by atoms with Gasteiger partial charge in [0.1, 0.15) is 0 Å². The average Bonchev–Trinajstić information content (AvgIpc) is 2.11. The van der Waals surface area contributed by atoms with E-state index in [1.54, 1.807) is 0 Å². The zero-order valence-corrected chi connectivity index (χ0v) is 8.77. The lowest BCUT2D eigenvalue weighted by Gasteiger charge is -2.10. The summed E-state index contributed by atoms with van der Waals surface area (Å²) in [7, 11) is 0. The molecule has 0 heteroatoms. The van der Waals surface area contributed by atoms with E-state index >= 15 is 0 Å². The van der Waals surface area contributed by atoms with Crippen LogP contribution in [0.5, 0.6) is 0 Å². The van der Waals surface area contributed by atoms with Crippen LogP contribution in [0.2, 0.25) is 0 Å². The Bertz CT molecular complexity index is 261. The Morgan fingerprint density at radius 3 is 2.38 bits per heavy atom. The SMILES string of the molecule is [CH2]c1cccc(CCC)c1CCC. The predicted octanol–water partition coefficient (Wildman–Crippen LogP) is 3.77. The van der Waals surface area contributed by atoms with Gasteiger partial charge < -0.3 is 0 Å². The van der Waals surface area contributed by atoms with Crippen molar-refractivity contribution in [2.45, 2.75) is 39.5 Å². The first kappa shape index (κ1) is 10.3. The first-order valence-corrected chi connectivity index (χ1v) is 5.22. The molecule has 0 heterocycles. The molecule has 1 radical (unpaired) electrons. The van der Waals surface area contributed by atoms with Crippen LogP contribution in [-0.4, -0.2) is 0 Å². The van der Waals surface area contributed by atoms with Gasteiger partial charge in [-0.05, 0) is 36.5 Å². The predicted molar refractivity (Wildman–Crippen MR) is 58.9 cm³/mol. The molecule has 0 atom stereocenters. The van der Waals surface area contributed by atoms with Gasteiger partial charge in [0.15, 0.2) is 0 Å². The van der Waals surface area contributed by atoms with E-state index in [0.717, 1.165) is 0 Å². The van der Waals surface area contributed by atoms with Gasteiger partial charge in [0, 0.05) is 0 Å². The third-order valence-electron chi connectivity index (χ3n) is 2.39. The maximum absolute atomic E-state index is 4.08. The molecule has 1 aromatic rings. The van der Waals surface area contributed by atoms with Crippen molar-refractivity contribution in [1.29, 1.82) is 0 Å². The summed E-state index contributed by atoms with van der Waals surface area (Å²) in [6.07, 6.45) is 4.80. The second-order valence-electron chi connectivity index (χ2n) is 3.55. The van der Waals surface area contributed by atoms with E-state index in [4.69, 9.17) is 0 Å². The molecule has 0 bridgehead atoms. The van der Waals surface area contributed by atoms with E-state index in [1.807, 2.05) is 0 Å². The zero-order valence-electron chi connectivity index (χ0n) is 8.77. The van der Waals surface area contributed by atoms with Crippen LogP contribution in [0.1, 0.15) is 43.4 Å². The van der Waals surface area contributed by atoms with E-state index in [9.17, 15) is 0 Å². The number of benzene rings is 1. The molecule has 0 saturated heterocycles. The standard InChI is InChI=1S/C13H19/c1-4-7-12-10-6-9-11(3)13(12)8-5-2/h6,9-10H,3-5,7-8H2,1-2H3. The molecule has 1 aromatic carbocycles. The Labute approximate surface area is 82.0 Å². The highest BCUT2D eigenvalue weighted by Crippen LogP contribution is 2.17. The number of rotatable bonds is 4. The maximum Gasteiger partial charge on any atom is -0.0235 e. The van der Waals surface area contributed by atoms with Gasteiger partial charge in [-0.2, -0.15) is 0 Å². The molecule has 1 rings (SSSR count). The number of aryl methyl sites for hydroxylation is 1. The molecular formula is C13H19. The topological polar surface area (TPSA) is 0 Å². The first-order chi connectivity index (χ1) is 6.29. The summed E-state index contributed by atoms with van der Waals surface area (Å²) in [6, 6.07) is 6.47. The molecule has 0 unspecified atom stereocenters. The van der Waals surface area contributed by atoms with Gasteiger partial charge in [-0.3, -0.25) is 0 Å². The van der Waals surface area contributed by atoms with Crippen LogP contribution in [0, 0.1) is 6.92 Å². The van der Waals surface area contributed by atoms with E-state index in [1.165, 1.54) is 42.4 Å². The average molecular weight is 175 g/mol. The molecule has 0 saturated carbocycles. The van der Waals surface area contributed by atoms with E-state index < -0.39 is 0 Å². The van der Waals surface area contributed by atoms with Crippen molar-refractivity contribution in [3.63, 3.8) is 0 Å². The maximum atomic E-state index is 4.08. The molecule has 0 aliphatic rings. The fourth-order valence-corrected chi connectivity index (χ4v) is 1.76. The molecule has 0 aromatic heterocycles. The molecule has 13 heavy (non-hydrogen) atoms. The summed E-state index contributed by atoms with van der Waals surface area (Å²) in [5, 5.41) is 0.